The molecule has 9 nitrogen and oxygen atoms in total. The van der Waals surface area contributed by atoms with Gasteiger partial charge in [0.1, 0.15) is 5.82 Å². The molecule has 2 aromatic rings. The molecule has 1 amide bonds. The van der Waals surface area contributed by atoms with E-state index in [9.17, 15) is 13.9 Å². The molecule has 3 saturated heterocycles. The summed E-state index contributed by atoms with van der Waals surface area (Å²) >= 11 is 6.12. The Morgan fingerprint density at radius 3 is 2.75 bits per heavy atom. The minimum absolute atomic E-state index is 0.150. The van der Waals surface area contributed by atoms with Crippen LogP contribution in [0.5, 0.6) is 0 Å². The second-order valence-corrected chi connectivity index (χ2v) is 13.6. The number of carbonyl (C=O) groups is 1. The summed E-state index contributed by atoms with van der Waals surface area (Å²) < 4.78 is 43.9. The molecule has 5 rings (SSSR count). The maximum Gasteiger partial charge on any atom is 0.241 e. The van der Waals surface area contributed by atoms with Crippen molar-refractivity contribution in [3.63, 3.8) is 0 Å². The molecule has 220 valence electrons. The molecule has 12 heteroatoms. The molecular weight excluding hydrogens is 557 g/mol. The topological polar surface area (TPSA) is 133 Å². The number of hydrogen-bond donors (Lipinski definition) is 5. The third-order valence-corrected chi connectivity index (χ3v) is 10.8. The van der Waals surface area contributed by atoms with Gasteiger partial charge in [0.2, 0.25) is 5.91 Å². The van der Waals surface area contributed by atoms with E-state index in [-0.39, 0.29) is 29.6 Å². The van der Waals surface area contributed by atoms with Crippen molar-refractivity contribution in [3.8, 4) is 0 Å². The summed E-state index contributed by atoms with van der Waals surface area (Å²) in [5.74, 6) is -0.692. The third kappa shape index (κ3) is 6.79. The van der Waals surface area contributed by atoms with Gasteiger partial charge in [-0.15, -0.1) is 10.8 Å². The summed E-state index contributed by atoms with van der Waals surface area (Å²) in [5, 5.41) is 6.96. The fraction of sp³-hybridized carbons (Fsp3) is 0.571. The Balaban J connectivity index is 1.32. The highest BCUT2D eigenvalue weighted by molar-refractivity contribution is 8.22. The molecule has 0 aliphatic carbocycles. The fourth-order valence-electron chi connectivity index (χ4n) is 6.32. The Bertz CT molecular complexity index is 1170. The normalized spacial score (nSPS) is 27.3. The van der Waals surface area contributed by atoms with Crippen LogP contribution in [0.2, 0.25) is 5.02 Å². The van der Waals surface area contributed by atoms with Gasteiger partial charge in [-0.2, -0.15) is 0 Å². The Hall–Kier alpha value is -1.83. The van der Waals surface area contributed by atoms with E-state index in [1.807, 2.05) is 12.1 Å². The number of rotatable bonds is 8. The zero-order chi connectivity index (χ0) is 28.3. The number of pyridine rings is 1. The number of carbonyl (C=O) groups excluding carboxylic acids is 1. The molecule has 0 spiro atoms. The van der Waals surface area contributed by atoms with E-state index in [0.717, 1.165) is 37.4 Å². The quantitative estimate of drug-likeness (QED) is 0.304. The minimum atomic E-state index is -2.86. The first-order valence-corrected chi connectivity index (χ1v) is 16.1. The zero-order valence-electron chi connectivity index (χ0n) is 22.5. The van der Waals surface area contributed by atoms with Crippen LogP contribution in [-0.2, 0) is 16.0 Å². The molecular formula is C28H39ClFN5O4S. The average molecular weight is 596 g/mol. The molecule has 3 fully saturated rings. The lowest BCUT2D eigenvalue weighted by molar-refractivity contribution is -0.118. The molecule has 1 unspecified atom stereocenters. The summed E-state index contributed by atoms with van der Waals surface area (Å²) in [6, 6.07) is 6.57. The maximum absolute atomic E-state index is 15.1. The van der Waals surface area contributed by atoms with E-state index in [4.69, 9.17) is 22.1 Å². The third-order valence-electron chi connectivity index (χ3n) is 8.50. The van der Waals surface area contributed by atoms with Crippen molar-refractivity contribution in [3.05, 3.63) is 58.6 Å². The number of halogens is 2. The van der Waals surface area contributed by atoms with Crippen molar-refractivity contribution >= 4 is 34.0 Å². The predicted molar refractivity (Wildman–Crippen MR) is 156 cm³/mol. The Kier molecular flexibility index (Phi) is 9.64. The Labute approximate surface area is 241 Å². The number of nitrogens with one attached hydrogen (secondary N) is 2. The number of piperazine rings is 1. The van der Waals surface area contributed by atoms with E-state index in [2.05, 4.69) is 15.6 Å². The van der Waals surface area contributed by atoms with E-state index in [1.54, 1.807) is 16.4 Å². The minimum Gasteiger partial charge on any atom is -0.381 e. The fourth-order valence-corrected chi connectivity index (χ4v) is 8.31. The Morgan fingerprint density at radius 1 is 1.25 bits per heavy atom. The molecule has 4 heterocycles. The molecule has 0 radical (unpaired) electrons. The first-order chi connectivity index (χ1) is 19.2. The number of fused-ring (bicyclic) bond motifs is 2. The van der Waals surface area contributed by atoms with Gasteiger partial charge < -0.3 is 21.1 Å². The number of amides is 1. The summed E-state index contributed by atoms with van der Waals surface area (Å²) in [5.41, 5.74) is 8.16. The van der Waals surface area contributed by atoms with Crippen molar-refractivity contribution in [2.45, 2.75) is 62.6 Å². The van der Waals surface area contributed by atoms with Gasteiger partial charge in [-0.25, -0.2) is 8.70 Å². The van der Waals surface area contributed by atoms with Gasteiger partial charge in [0.25, 0.3) is 0 Å². The van der Waals surface area contributed by atoms with Crippen molar-refractivity contribution in [2.24, 2.45) is 11.7 Å². The van der Waals surface area contributed by atoms with E-state index >= 15 is 4.39 Å². The molecule has 1 aromatic carbocycles. The second kappa shape index (κ2) is 13.0. The zero-order valence-corrected chi connectivity index (χ0v) is 24.0. The summed E-state index contributed by atoms with van der Waals surface area (Å²) in [6.07, 6.45) is 6.59. The monoisotopic (exact) mass is 595 g/mol. The van der Waals surface area contributed by atoms with Gasteiger partial charge in [-0.1, -0.05) is 23.7 Å². The van der Waals surface area contributed by atoms with Crippen LogP contribution < -0.4 is 16.4 Å². The number of ether oxygens (including phenoxy) is 1. The van der Waals surface area contributed by atoms with Crippen molar-refractivity contribution in [1.29, 1.82) is 0 Å². The number of nitrogens with two attached hydrogens (primary N) is 1. The van der Waals surface area contributed by atoms with Gasteiger partial charge in [0.15, 0.2) is 0 Å². The molecule has 2 bridgehead atoms. The van der Waals surface area contributed by atoms with Crippen molar-refractivity contribution in [1.82, 2.24) is 14.6 Å². The molecule has 6 N–H and O–H groups in total. The van der Waals surface area contributed by atoms with Crippen LogP contribution in [0.15, 0.2) is 36.7 Å². The standard InChI is InChI=1S/C28H39ClFN5O4S/c29-20-5-3-18(4-6-20)26(19-9-11-39-12-10-19)27(31)28(36)34-25-16-32-15-24(30)23(25)8-7-22-14-33-21-2-1-13-40(37,38)35(22)17-21/h3-6,15-16,19,21-22,26-27,33,37-38H,1-2,7-14,17,31H2,(H,34,36)/t21-,22+,26+,27+/m1/s1. The number of anilines is 1. The molecule has 40 heavy (non-hydrogen) atoms. The lowest BCUT2D eigenvalue weighted by atomic mass is 9.76. The van der Waals surface area contributed by atoms with Gasteiger partial charge in [0.05, 0.1) is 29.9 Å². The number of benzene rings is 1. The van der Waals surface area contributed by atoms with E-state index < -0.39 is 28.5 Å². The molecule has 3 aliphatic heterocycles. The SMILES string of the molecule is N[C@H](C(=O)Nc1cncc(F)c1CC[C@H]1CN[C@@H]2CCCS(O)(O)N1C2)[C@@H](c1ccc(Cl)cc1)C1CCOCC1. The maximum atomic E-state index is 15.1. The van der Waals surface area contributed by atoms with Gasteiger partial charge in [-0.3, -0.25) is 18.9 Å². The largest absolute Gasteiger partial charge is 0.381 e. The van der Waals surface area contributed by atoms with E-state index in [0.29, 0.717) is 55.5 Å². The van der Waals surface area contributed by atoms with Gasteiger partial charge in [0, 0.05) is 54.9 Å². The number of aromatic nitrogens is 1. The van der Waals surface area contributed by atoms with Crippen molar-refractivity contribution < 1.29 is 23.0 Å². The van der Waals surface area contributed by atoms with E-state index in [1.165, 1.54) is 6.20 Å². The summed E-state index contributed by atoms with van der Waals surface area (Å²) in [6.45, 7) is 2.37. The van der Waals surface area contributed by atoms with Crippen LogP contribution in [0, 0.1) is 11.7 Å². The predicted octanol–water partition coefficient (Wildman–Crippen LogP) is 4.38. The van der Waals surface area contributed by atoms with Crippen LogP contribution in [-0.4, -0.2) is 74.5 Å². The number of nitrogens with zero attached hydrogens (tertiary/aromatic N) is 2. The van der Waals surface area contributed by atoms with Gasteiger partial charge >= 0.3 is 0 Å². The number of hydrogen-bond acceptors (Lipinski definition) is 8. The summed E-state index contributed by atoms with van der Waals surface area (Å²) in [7, 11) is -2.86. The summed E-state index contributed by atoms with van der Waals surface area (Å²) in [4.78, 5) is 17.5. The lowest BCUT2D eigenvalue weighted by Gasteiger charge is -2.49. The molecule has 0 saturated carbocycles. The molecule has 1 aromatic heterocycles. The molecule has 3 aliphatic rings. The van der Waals surface area contributed by atoms with Crippen molar-refractivity contribution in [2.75, 3.05) is 37.4 Å². The van der Waals surface area contributed by atoms with Gasteiger partial charge in [-0.05, 0) is 62.1 Å². The van der Waals surface area contributed by atoms with Crippen LogP contribution in [0.1, 0.15) is 49.1 Å². The highest BCUT2D eigenvalue weighted by Crippen LogP contribution is 2.49. The van der Waals surface area contributed by atoms with Crippen LogP contribution >= 0.6 is 22.4 Å². The Morgan fingerprint density at radius 2 is 2.00 bits per heavy atom. The average Bonchev–Trinajstić information content (AvgIpc) is 3.06. The lowest BCUT2D eigenvalue weighted by Crippen LogP contribution is -2.55. The van der Waals surface area contributed by atoms with Crippen LogP contribution in [0.3, 0.4) is 0 Å². The van der Waals surface area contributed by atoms with Crippen LogP contribution in [0.4, 0.5) is 10.1 Å². The highest BCUT2D eigenvalue weighted by atomic mass is 35.5. The second-order valence-electron chi connectivity index (χ2n) is 11.1. The van der Waals surface area contributed by atoms with Crippen LogP contribution in [0.25, 0.3) is 0 Å². The smallest absolute Gasteiger partial charge is 0.241 e. The molecule has 5 atom stereocenters. The highest BCUT2D eigenvalue weighted by Gasteiger charge is 2.38. The first kappa shape index (κ1) is 29.7. The first-order valence-electron chi connectivity index (χ1n) is 14.0.